The van der Waals surface area contributed by atoms with Crippen molar-refractivity contribution in [2.75, 3.05) is 62.1 Å². The number of epoxide rings is 1. The molecule has 1 spiro atoms. The molecule has 90 heavy (non-hydrogen) atoms. The van der Waals surface area contributed by atoms with E-state index in [0.717, 1.165) is 17.6 Å². The molecule has 5 rings (SSSR count). The number of halogens is 1. The summed E-state index contributed by atoms with van der Waals surface area (Å²) in [4.78, 5) is 113. The maximum atomic E-state index is 13.7. The minimum absolute atomic E-state index is 0.0422. The first kappa shape index (κ1) is 71.8. The number of rotatable bonds is 35. The maximum absolute atomic E-state index is 13.7. The van der Waals surface area contributed by atoms with Crippen molar-refractivity contribution in [1.29, 1.82) is 0 Å². The number of aliphatic hydroxyl groups excluding tert-OH is 1. The highest BCUT2D eigenvalue weighted by Gasteiger charge is 2.58. The number of hydrogen-bond acceptors (Lipinski definition) is 17. The largest absolute Gasteiger partial charge is 0.459 e. The molecule has 0 saturated carbocycles. The second kappa shape index (κ2) is 37.8. The van der Waals surface area contributed by atoms with Gasteiger partial charge in [0.2, 0.25) is 35.4 Å². The molecule has 496 valence electrons. The molecule has 0 aromatic heterocycles. The van der Waals surface area contributed by atoms with Gasteiger partial charge in [0.1, 0.15) is 42.6 Å². The fourth-order valence-corrected chi connectivity index (χ4v) is 10.1. The SMILES string of the molecule is [2H]NC(=O)NCCC[C@H](NC(=O)[C@H](NC(=O)CCOCCOCCNC(=O)CBr)C(C)C)C(=O)Nc1ccc(COC(=O)Nc2ccc(CNC(=O)C[C@@H]3C[C@@]4(CO4)[C@H](O)[C@@H](/C=C/C(C)=C/C[C@@H]4O[C@H](C)[C@H](NC(=O)/C=C\[C@H](C)OC(C)=O)C[C@@H]4C)O3)cc2)cc1. The number of anilines is 2. The lowest BCUT2D eigenvalue weighted by atomic mass is 9.87. The van der Waals surface area contributed by atoms with Crippen molar-refractivity contribution in [3.05, 3.63) is 95.6 Å². The van der Waals surface area contributed by atoms with E-state index in [2.05, 4.69) is 71.5 Å². The summed E-state index contributed by atoms with van der Waals surface area (Å²) in [7, 11) is 0. The van der Waals surface area contributed by atoms with Crippen LogP contribution in [0.15, 0.2) is 84.5 Å². The van der Waals surface area contributed by atoms with Gasteiger partial charge in [-0.15, -0.1) is 0 Å². The predicted molar refractivity (Wildman–Crippen MR) is 336 cm³/mol. The van der Waals surface area contributed by atoms with E-state index in [1.165, 1.54) is 19.1 Å². The van der Waals surface area contributed by atoms with Gasteiger partial charge in [0, 0.05) is 56.9 Å². The van der Waals surface area contributed by atoms with E-state index < -0.39 is 77.9 Å². The van der Waals surface area contributed by atoms with Crippen LogP contribution >= 0.6 is 15.9 Å². The summed E-state index contributed by atoms with van der Waals surface area (Å²) in [6.45, 7) is 14.2. The summed E-state index contributed by atoms with van der Waals surface area (Å²) in [6.07, 6.45) is 6.99. The number of allylic oxidation sites excluding steroid dienone is 2. The van der Waals surface area contributed by atoms with Crippen molar-refractivity contribution in [2.45, 2.75) is 167 Å². The summed E-state index contributed by atoms with van der Waals surface area (Å²) >= 11 is 3.06. The number of urea groups is 1. The van der Waals surface area contributed by atoms with Crippen molar-refractivity contribution in [2.24, 2.45) is 17.6 Å². The number of primary amides is 1. The number of nitrogens with two attached hydrogens (primary N) is 1. The van der Waals surface area contributed by atoms with Gasteiger partial charge >= 0.3 is 18.1 Å². The van der Waals surface area contributed by atoms with E-state index in [-0.39, 0.29) is 118 Å². The molecule has 0 aliphatic carbocycles. The minimum Gasteiger partial charge on any atom is -0.459 e. The van der Waals surface area contributed by atoms with Gasteiger partial charge in [-0.05, 0) is 99.8 Å². The third-order valence-corrected chi connectivity index (χ3v) is 15.5. The third kappa shape index (κ3) is 26.7. The van der Waals surface area contributed by atoms with Gasteiger partial charge in [0.25, 0.3) is 0 Å². The molecule has 3 heterocycles. The topological polar surface area (TPSA) is 364 Å². The van der Waals surface area contributed by atoms with Crippen LogP contribution in [0.4, 0.5) is 21.0 Å². The number of carbonyl (C=O) groups is 9. The Balaban J connectivity index is 1.02. The van der Waals surface area contributed by atoms with Gasteiger partial charge in [-0.25, -0.2) is 9.59 Å². The Morgan fingerprint density at radius 2 is 1.51 bits per heavy atom. The lowest BCUT2D eigenvalue weighted by Gasteiger charge is -2.39. The summed E-state index contributed by atoms with van der Waals surface area (Å²) in [5.41, 5.74) is 4.04. The van der Waals surface area contributed by atoms with E-state index >= 15 is 0 Å². The predicted octanol–water partition coefficient (Wildman–Crippen LogP) is 4.37. The molecule has 0 bridgehead atoms. The number of esters is 1. The normalized spacial score (nSPS) is 22.5. The smallest absolute Gasteiger partial charge is 0.411 e. The summed E-state index contributed by atoms with van der Waals surface area (Å²) < 4.78 is 46.7. The molecule has 3 aliphatic heterocycles. The molecule has 3 aliphatic rings. The van der Waals surface area contributed by atoms with Crippen LogP contribution in [0.3, 0.4) is 0 Å². The first-order chi connectivity index (χ1) is 43.4. The Hall–Kier alpha value is -7.27. The summed E-state index contributed by atoms with van der Waals surface area (Å²) in [5.74, 6) is -2.96. The van der Waals surface area contributed by atoms with Crippen LogP contribution < -0.4 is 48.3 Å². The number of nitrogens with one attached hydrogen (secondary N) is 8. The van der Waals surface area contributed by atoms with E-state index in [1.54, 1.807) is 81.1 Å². The molecule has 0 unspecified atom stereocenters. The van der Waals surface area contributed by atoms with Crippen LogP contribution in [0.2, 0.25) is 1.41 Å². The van der Waals surface area contributed by atoms with Gasteiger partial charge in [0.05, 0.1) is 69.1 Å². The Morgan fingerprint density at radius 3 is 2.18 bits per heavy atom. The second-order valence-corrected chi connectivity index (χ2v) is 23.5. The van der Waals surface area contributed by atoms with Crippen molar-refractivity contribution < 1.29 is 82.8 Å². The molecular weight excluding hydrogens is 1230 g/mol. The molecule has 0 radical (unpaired) electrons. The molecule has 3 saturated heterocycles. The first-order valence-electron chi connectivity index (χ1n) is 30.8. The molecule has 27 heteroatoms. The van der Waals surface area contributed by atoms with Crippen molar-refractivity contribution in [3.8, 4) is 0 Å². The Kier molecular flexibility index (Phi) is 30.1. The third-order valence-electron chi connectivity index (χ3n) is 15.0. The molecule has 3 fully saturated rings. The van der Waals surface area contributed by atoms with Crippen molar-refractivity contribution >= 4 is 80.8 Å². The number of ether oxygens (including phenoxy) is 7. The fourth-order valence-electron chi connectivity index (χ4n) is 9.90. The van der Waals surface area contributed by atoms with Crippen LogP contribution in [0, 0.1) is 11.8 Å². The van der Waals surface area contributed by atoms with E-state index in [1.807, 2.05) is 19.9 Å². The molecular formula is C63H90BrN9O17. The van der Waals surface area contributed by atoms with Crippen molar-refractivity contribution in [3.63, 3.8) is 0 Å². The molecule has 26 nitrogen and oxygen atoms in total. The number of amides is 9. The second-order valence-electron chi connectivity index (χ2n) is 22.9. The zero-order chi connectivity index (χ0) is 66.5. The van der Waals surface area contributed by atoms with Gasteiger partial charge in [-0.3, -0.25) is 38.9 Å². The number of alkyl halides is 1. The molecule has 2 aromatic rings. The highest BCUT2D eigenvalue weighted by Crippen LogP contribution is 2.43. The molecule has 2 aromatic carbocycles. The number of carbonyl (C=O) groups excluding carboxylic acids is 9. The lowest BCUT2D eigenvalue weighted by Crippen LogP contribution is -2.54. The minimum atomic E-state index is -1.10. The standard InChI is InChI=1S/C63H90BrN9O17/c1-38(2)57(73-54(76)24-27-84-29-30-85-28-26-66-56(78)34-64)60(81)72-49(9-8-25-67-61(65)82)59(80)69-46-19-15-45(16-20-46)36-86-62(83)70-47-17-13-44(14-18-47)35-68-55(77)32-48-33-63(37-87-63)58(79)52(90-48)22-11-39(3)10-21-51-40(4)31-50(42(6)89-51)71-53(75)23-12-41(5)88-43(7)74/h10-20,22-23,38,40-42,48-52,57-58,79H,8-9,21,24-37H2,1-7H3,(H,66,78)(H,68,77)(H,69,80)(H,70,83)(H,71,75)(H,72,81)(H,73,76)(H3,65,67,82)/b22-11+,23-12-,39-10+/t40-,41-,42+,48+,49-,50+,51-,52+,57+,58+,63+/m0/s1/i/hD. The van der Waals surface area contributed by atoms with Crippen LogP contribution in [-0.4, -0.2) is 170 Å². The monoisotopic (exact) mass is 1320 g/mol. The van der Waals surface area contributed by atoms with Crippen LogP contribution in [0.5, 0.6) is 0 Å². The van der Waals surface area contributed by atoms with Crippen LogP contribution in [0.1, 0.15) is 105 Å². The Labute approximate surface area is 535 Å². The van der Waals surface area contributed by atoms with Gasteiger partial charge in [0.15, 0.2) is 1.41 Å². The fraction of sp³-hybridized carbons (Fsp3) is 0.571. The van der Waals surface area contributed by atoms with E-state index in [9.17, 15) is 48.3 Å². The van der Waals surface area contributed by atoms with Gasteiger partial charge in [-0.1, -0.05) is 84.8 Å². The zero-order valence-corrected chi connectivity index (χ0v) is 53.8. The molecule has 11 N–H and O–H groups in total. The lowest BCUT2D eigenvalue weighted by molar-refractivity contribution is -0.145. The Bertz CT molecular complexity index is 2820. The van der Waals surface area contributed by atoms with E-state index in [0.29, 0.717) is 49.5 Å². The quantitative estimate of drug-likeness (QED) is 0.0114. The van der Waals surface area contributed by atoms with Gasteiger partial charge < -0.3 is 81.2 Å². The summed E-state index contributed by atoms with van der Waals surface area (Å²) in [5, 5.41) is 33.4. The highest BCUT2D eigenvalue weighted by atomic mass is 79.9. The highest BCUT2D eigenvalue weighted by molar-refractivity contribution is 9.09. The maximum Gasteiger partial charge on any atom is 0.411 e. The Morgan fingerprint density at radius 1 is 0.822 bits per heavy atom. The number of hydrogen-bond donors (Lipinski definition) is 10. The van der Waals surface area contributed by atoms with E-state index in [4.69, 9.17) is 34.6 Å². The van der Waals surface area contributed by atoms with Gasteiger partial charge in [-0.2, -0.15) is 0 Å². The van der Waals surface area contributed by atoms with Crippen LogP contribution in [0.25, 0.3) is 0 Å². The molecule has 9 amide bonds. The number of benzene rings is 2. The average Bonchev–Trinajstić information content (AvgIpc) is 1.61. The zero-order valence-electron chi connectivity index (χ0n) is 53.2. The summed E-state index contributed by atoms with van der Waals surface area (Å²) in [6, 6.07) is 10.3. The first-order valence-corrected chi connectivity index (χ1v) is 31.4. The van der Waals surface area contributed by atoms with Crippen molar-refractivity contribution in [1.82, 2.24) is 31.9 Å². The van der Waals surface area contributed by atoms with Crippen LogP contribution in [-0.2, 0) is 79.9 Å². The molecule has 11 atom stereocenters. The average molecular weight is 1330 g/mol. The number of aliphatic hydroxyl groups is 1.